The SMILES string of the molecule is CCCCCCOCCCCc1ccc(-c2ccc(CCCCCCCCCC3CC3)nn2)cn1. The molecule has 0 saturated heterocycles. The summed E-state index contributed by atoms with van der Waals surface area (Å²) in [4.78, 5) is 4.64. The van der Waals surface area contributed by atoms with Crippen LogP contribution in [0.2, 0.25) is 0 Å². The summed E-state index contributed by atoms with van der Waals surface area (Å²) in [7, 11) is 0. The second-order valence-corrected chi connectivity index (χ2v) is 10.5. The average Bonchev–Trinajstić information content (AvgIpc) is 3.72. The highest BCUT2D eigenvalue weighted by atomic mass is 16.5. The lowest BCUT2D eigenvalue weighted by Gasteiger charge is -2.06. The van der Waals surface area contributed by atoms with Gasteiger partial charge in [-0.25, -0.2) is 0 Å². The molecule has 4 nitrogen and oxygen atoms in total. The zero-order chi connectivity index (χ0) is 24.4. The summed E-state index contributed by atoms with van der Waals surface area (Å²) in [6.45, 7) is 4.02. The summed E-state index contributed by atoms with van der Waals surface area (Å²) in [6, 6.07) is 8.48. The van der Waals surface area contributed by atoms with Crippen LogP contribution in [0.3, 0.4) is 0 Å². The fourth-order valence-corrected chi connectivity index (χ4v) is 4.64. The van der Waals surface area contributed by atoms with E-state index in [9.17, 15) is 0 Å². The number of pyridine rings is 1. The number of ether oxygens (including phenoxy) is 1. The number of aryl methyl sites for hydroxylation is 2. The van der Waals surface area contributed by atoms with E-state index in [0.717, 1.165) is 67.5 Å². The van der Waals surface area contributed by atoms with E-state index in [2.05, 4.69) is 46.4 Å². The van der Waals surface area contributed by atoms with Gasteiger partial charge in [-0.2, -0.15) is 10.2 Å². The Bertz CT molecular complexity index is 771. The number of hydrogen-bond donors (Lipinski definition) is 0. The largest absolute Gasteiger partial charge is 0.381 e. The van der Waals surface area contributed by atoms with Gasteiger partial charge in [-0.3, -0.25) is 4.98 Å². The highest BCUT2D eigenvalue weighted by Gasteiger charge is 2.19. The number of hydrogen-bond acceptors (Lipinski definition) is 4. The van der Waals surface area contributed by atoms with Gasteiger partial charge in [0.05, 0.1) is 11.4 Å². The van der Waals surface area contributed by atoms with Crippen molar-refractivity contribution in [3.63, 3.8) is 0 Å². The molecule has 194 valence electrons. The minimum Gasteiger partial charge on any atom is -0.381 e. The van der Waals surface area contributed by atoms with Crippen molar-refractivity contribution >= 4 is 0 Å². The lowest BCUT2D eigenvalue weighted by Crippen LogP contribution is -1.99. The third-order valence-corrected chi connectivity index (χ3v) is 7.20. The first-order valence-corrected chi connectivity index (χ1v) is 14.7. The maximum Gasteiger partial charge on any atom is 0.0945 e. The Morgan fingerprint density at radius 1 is 0.686 bits per heavy atom. The lowest BCUT2D eigenvalue weighted by molar-refractivity contribution is 0.126. The zero-order valence-corrected chi connectivity index (χ0v) is 22.4. The van der Waals surface area contributed by atoms with Gasteiger partial charge in [-0.05, 0) is 68.7 Å². The molecule has 2 heterocycles. The Morgan fingerprint density at radius 2 is 1.34 bits per heavy atom. The van der Waals surface area contributed by atoms with E-state index in [1.54, 1.807) is 0 Å². The van der Waals surface area contributed by atoms with Crippen LogP contribution in [0, 0.1) is 5.92 Å². The summed E-state index contributed by atoms with van der Waals surface area (Å²) >= 11 is 0. The van der Waals surface area contributed by atoms with Crippen molar-refractivity contribution in [2.75, 3.05) is 13.2 Å². The molecule has 3 rings (SSSR count). The van der Waals surface area contributed by atoms with Crippen molar-refractivity contribution in [1.29, 1.82) is 0 Å². The number of aromatic nitrogens is 3. The highest BCUT2D eigenvalue weighted by molar-refractivity contribution is 5.57. The molecule has 0 aliphatic heterocycles. The van der Waals surface area contributed by atoms with E-state index in [-0.39, 0.29) is 0 Å². The molecule has 0 unspecified atom stereocenters. The van der Waals surface area contributed by atoms with Gasteiger partial charge in [-0.15, -0.1) is 0 Å². The maximum atomic E-state index is 5.73. The van der Waals surface area contributed by atoms with E-state index in [4.69, 9.17) is 4.74 Å². The summed E-state index contributed by atoms with van der Waals surface area (Å²) < 4.78 is 5.73. The van der Waals surface area contributed by atoms with Crippen LogP contribution >= 0.6 is 0 Å². The first kappa shape index (κ1) is 27.8. The van der Waals surface area contributed by atoms with Crippen LogP contribution in [-0.2, 0) is 17.6 Å². The van der Waals surface area contributed by atoms with Crippen LogP contribution in [0.15, 0.2) is 30.5 Å². The summed E-state index contributed by atoms with van der Waals surface area (Å²) in [5, 5.41) is 8.93. The topological polar surface area (TPSA) is 47.9 Å². The van der Waals surface area contributed by atoms with Crippen molar-refractivity contribution in [3.8, 4) is 11.3 Å². The summed E-state index contributed by atoms with van der Waals surface area (Å²) in [6.07, 6.45) is 25.4. The standard InChI is InChI=1S/C31H49N3O/c1-2-3-4-13-24-35-25-14-12-16-29-21-20-28(26-32-29)31-23-22-30(33-34-31)17-11-9-7-5-6-8-10-15-27-18-19-27/h20-23,26-27H,2-19,24-25H2,1H3. The van der Waals surface area contributed by atoms with Crippen LogP contribution in [0.25, 0.3) is 11.3 Å². The molecule has 0 radical (unpaired) electrons. The van der Waals surface area contributed by atoms with Crippen LogP contribution in [0.5, 0.6) is 0 Å². The summed E-state index contributed by atoms with van der Waals surface area (Å²) in [5.41, 5.74) is 4.21. The quantitative estimate of drug-likeness (QED) is 0.168. The maximum absolute atomic E-state index is 5.73. The lowest BCUT2D eigenvalue weighted by atomic mass is 10.1. The van der Waals surface area contributed by atoms with Gasteiger partial charge in [0, 0.05) is 30.7 Å². The van der Waals surface area contributed by atoms with E-state index in [1.807, 2.05) is 6.20 Å². The van der Waals surface area contributed by atoms with E-state index < -0.39 is 0 Å². The molecule has 4 heteroatoms. The number of rotatable bonds is 21. The van der Waals surface area contributed by atoms with Crippen LogP contribution in [-0.4, -0.2) is 28.4 Å². The molecule has 0 aromatic carbocycles. The minimum absolute atomic E-state index is 0.868. The molecule has 1 aliphatic carbocycles. The Hall–Kier alpha value is -1.81. The Balaban J connectivity index is 1.22. The fraction of sp³-hybridized carbons (Fsp3) is 0.710. The second-order valence-electron chi connectivity index (χ2n) is 10.5. The van der Waals surface area contributed by atoms with Crippen molar-refractivity contribution < 1.29 is 4.74 Å². The monoisotopic (exact) mass is 479 g/mol. The van der Waals surface area contributed by atoms with Gasteiger partial charge < -0.3 is 4.74 Å². The van der Waals surface area contributed by atoms with Gasteiger partial charge in [-0.1, -0.05) is 84.0 Å². The minimum atomic E-state index is 0.868. The van der Waals surface area contributed by atoms with Gasteiger partial charge >= 0.3 is 0 Å². The van der Waals surface area contributed by atoms with Crippen molar-refractivity contribution in [1.82, 2.24) is 15.2 Å². The first-order valence-electron chi connectivity index (χ1n) is 14.7. The molecule has 1 saturated carbocycles. The number of nitrogens with zero attached hydrogens (tertiary/aromatic N) is 3. The highest BCUT2D eigenvalue weighted by Crippen LogP contribution is 2.34. The number of unbranched alkanes of at least 4 members (excludes halogenated alkanes) is 10. The van der Waals surface area contributed by atoms with Gasteiger partial charge in [0.2, 0.25) is 0 Å². The Morgan fingerprint density at radius 3 is 2.03 bits per heavy atom. The molecule has 1 aliphatic rings. The molecule has 2 aromatic rings. The zero-order valence-electron chi connectivity index (χ0n) is 22.4. The predicted molar refractivity (Wildman–Crippen MR) is 147 cm³/mol. The molecule has 35 heavy (non-hydrogen) atoms. The summed E-state index contributed by atoms with van der Waals surface area (Å²) in [5.74, 6) is 1.10. The normalized spacial score (nSPS) is 13.4. The molecule has 0 amide bonds. The fourth-order valence-electron chi connectivity index (χ4n) is 4.64. The average molecular weight is 480 g/mol. The molecule has 0 N–H and O–H groups in total. The Kier molecular flexibility index (Phi) is 14.0. The predicted octanol–water partition coefficient (Wildman–Crippen LogP) is 8.53. The molecule has 0 bridgehead atoms. The molecular formula is C31H49N3O. The second kappa shape index (κ2) is 17.6. The van der Waals surface area contributed by atoms with Crippen LogP contribution in [0.4, 0.5) is 0 Å². The molecular weight excluding hydrogens is 430 g/mol. The van der Waals surface area contributed by atoms with Crippen molar-refractivity contribution in [3.05, 3.63) is 41.9 Å². The molecule has 0 spiro atoms. The van der Waals surface area contributed by atoms with E-state index >= 15 is 0 Å². The first-order chi connectivity index (χ1) is 17.3. The van der Waals surface area contributed by atoms with Gasteiger partial charge in [0.25, 0.3) is 0 Å². The smallest absolute Gasteiger partial charge is 0.0945 e. The molecule has 1 fully saturated rings. The van der Waals surface area contributed by atoms with Gasteiger partial charge in [0.15, 0.2) is 0 Å². The molecule has 0 atom stereocenters. The third-order valence-electron chi connectivity index (χ3n) is 7.20. The van der Waals surface area contributed by atoms with Crippen molar-refractivity contribution in [2.24, 2.45) is 5.92 Å². The van der Waals surface area contributed by atoms with Crippen LogP contribution < -0.4 is 0 Å². The van der Waals surface area contributed by atoms with E-state index in [0.29, 0.717) is 0 Å². The third kappa shape index (κ3) is 12.6. The van der Waals surface area contributed by atoms with Crippen LogP contribution in [0.1, 0.15) is 121 Å². The van der Waals surface area contributed by atoms with Gasteiger partial charge in [0.1, 0.15) is 0 Å². The Labute approximate surface area is 214 Å². The van der Waals surface area contributed by atoms with E-state index in [1.165, 1.54) is 89.9 Å². The van der Waals surface area contributed by atoms with Crippen molar-refractivity contribution in [2.45, 2.75) is 122 Å². The molecule has 2 aromatic heterocycles.